The molecule has 1 amide bonds. The number of hydrogen-bond donors (Lipinski definition) is 3. The zero-order valence-electron chi connectivity index (χ0n) is 9.95. The van der Waals surface area contributed by atoms with Gasteiger partial charge in [0.05, 0.1) is 11.7 Å². The lowest BCUT2D eigenvalue weighted by Crippen LogP contribution is -2.56. The minimum Gasteiger partial charge on any atom is -0.381 e. The number of aromatic nitrogens is 2. The van der Waals surface area contributed by atoms with Crippen LogP contribution in [0, 0.1) is 6.92 Å². The Kier molecular flexibility index (Phi) is 3.44. The first-order valence-electron chi connectivity index (χ1n) is 5.75. The van der Waals surface area contributed by atoms with Crippen LogP contribution in [0.4, 0.5) is 0 Å². The summed E-state index contributed by atoms with van der Waals surface area (Å²) in [6, 6.07) is 0. The summed E-state index contributed by atoms with van der Waals surface area (Å²) < 4.78 is 5.21. The average Bonchev–Trinajstić information content (AvgIpc) is 2.73. The molecule has 0 bridgehead atoms. The minimum absolute atomic E-state index is 0.110. The van der Waals surface area contributed by atoms with E-state index in [0.29, 0.717) is 32.6 Å². The van der Waals surface area contributed by atoms with E-state index < -0.39 is 5.54 Å². The second-order valence-electron chi connectivity index (χ2n) is 4.47. The summed E-state index contributed by atoms with van der Waals surface area (Å²) in [6.07, 6.45) is 2.86. The van der Waals surface area contributed by atoms with Crippen LogP contribution in [0.15, 0.2) is 6.20 Å². The molecule has 1 aliphatic rings. The molecule has 1 aromatic rings. The molecule has 6 nitrogen and oxygen atoms in total. The van der Waals surface area contributed by atoms with Crippen LogP contribution in [-0.4, -0.2) is 34.9 Å². The van der Waals surface area contributed by atoms with Gasteiger partial charge in [-0.25, -0.2) is 0 Å². The van der Waals surface area contributed by atoms with E-state index in [1.807, 2.05) is 6.92 Å². The number of ether oxygens (including phenoxy) is 1. The van der Waals surface area contributed by atoms with Crippen molar-refractivity contribution in [3.8, 4) is 0 Å². The van der Waals surface area contributed by atoms with E-state index in [-0.39, 0.29) is 5.91 Å². The van der Waals surface area contributed by atoms with E-state index in [4.69, 9.17) is 10.5 Å². The third-order valence-corrected chi connectivity index (χ3v) is 3.21. The third kappa shape index (κ3) is 2.65. The highest BCUT2D eigenvalue weighted by Crippen LogP contribution is 2.17. The van der Waals surface area contributed by atoms with E-state index in [0.717, 1.165) is 11.3 Å². The standard InChI is InChI=1S/C11H18N4O2/c1-8-9(7-14-15-8)6-13-10(16)11(12)2-4-17-5-3-11/h7H,2-6,12H2,1H3,(H,13,16)(H,14,15). The number of carbonyl (C=O) groups excluding carboxylic acids is 1. The largest absolute Gasteiger partial charge is 0.381 e. The number of hydrogen-bond acceptors (Lipinski definition) is 4. The summed E-state index contributed by atoms with van der Waals surface area (Å²) in [4.78, 5) is 12.0. The second-order valence-corrected chi connectivity index (χ2v) is 4.47. The van der Waals surface area contributed by atoms with Crippen molar-refractivity contribution in [2.45, 2.75) is 31.8 Å². The van der Waals surface area contributed by atoms with Crippen molar-refractivity contribution in [2.75, 3.05) is 13.2 Å². The van der Waals surface area contributed by atoms with Crippen molar-refractivity contribution in [1.82, 2.24) is 15.5 Å². The molecule has 0 aliphatic carbocycles. The number of nitrogens with one attached hydrogen (secondary N) is 2. The van der Waals surface area contributed by atoms with Gasteiger partial charge in [0.1, 0.15) is 0 Å². The van der Waals surface area contributed by atoms with Gasteiger partial charge in [-0.1, -0.05) is 0 Å². The Bertz CT molecular complexity index is 396. The number of carbonyl (C=O) groups is 1. The van der Waals surface area contributed by atoms with Gasteiger partial charge in [-0.05, 0) is 19.8 Å². The van der Waals surface area contributed by atoms with Crippen LogP contribution in [0.3, 0.4) is 0 Å². The molecule has 1 aromatic heterocycles. The predicted molar refractivity (Wildman–Crippen MR) is 62.1 cm³/mol. The van der Waals surface area contributed by atoms with Gasteiger partial charge in [-0.3, -0.25) is 9.89 Å². The number of aryl methyl sites for hydroxylation is 1. The second kappa shape index (κ2) is 4.85. The normalized spacial score (nSPS) is 18.9. The molecule has 4 N–H and O–H groups in total. The van der Waals surface area contributed by atoms with E-state index in [1.54, 1.807) is 6.20 Å². The molecule has 1 saturated heterocycles. The van der Waals surface area contributed by atoms with E-state index in [9.17, 15) is 4.79 Å². The Labute approximate surface area is 99.9 Å². The number of aromatic amines is 1. The Balaban J connectivity index is 1.91. The first-order valence-corrected chi connectivity index (χ1v) is 5.75. The SMILES string of the molecule is Cc1[nH]ncc1CNC(=O)C1(N)CCOCC1. The highest BCUT2D eigenvalue weighted by atomic mass is 16.5. The van der Waals surface area contributed by atoms with Gasteiger partial charge in [0.2, 0.25) is 5.91 Å². The lowest BCUT2D eigenvalue weighted by molar-refractivity contribution is -0.129. The van der Waals surface area contributed by atoms with Crippen LogP contribution in [0.5, 0.6) is 0 Å². The van der Waals surface area contributed by atoms with Crippen molar-refractivity contribution in [1.29, 1.82) is 0 Å². The highest BCUT2D eigenvalue weighted by Gasteiger charge is 2.35. The Morgan fingerprint density at radius 1 is 1.65 bits per heavy atom. The smallest absolute Gasteiger partial charge is 0.240 e. The number of H-pyrrole nitrogens is 1. The third-order valence-electron chi connectivity index (χ3n) is 3.21. The van der Waals surface area contributed by atoms with Crippen molar-refractivity contribution in [3.05, 3.63) is 17.5 Å². The molecule has 0 unspecified atom stereocenters. The Morgan fingerprint density at radius 2 is 2.35 bits per heavy atom. The lowest BCUT2D eigenvalue weighted by atomic mass is 9.90. The first kappa shape index (κ1) is 12.1. The topological polar surface area (TPSA) is 93.0 Å². The summed E-state index contributed by atoms with van der Waals surface area (Å²) in [5.41, 5.74) is 7.22. The highest BCUT2D eigenvalue weighted by molar-refractivity contribution is 5.86. The minimum atomic E-state index is -0.782. The molecule has 0 radical (unpaired) electrons. The molecule has 17 heavy (non-hydrogen) atoms. The zero-order valence-corrected chi connectivity index (χ0v) is 9.95. The first-order chi connectivity index (χ1) is 8.12. The van der Waals surface area contributed by atoms with Gasteiger partial charge in [-0.2, -0.15) is 5.10 Å². The molecule has 1 fully saturated rings. The molecule has 6 heteroatoms. The molecule has 1 aliphatic heterocycles. The van der Waals surface area contributed by atoms with Gasteiger partial charge in [-0.15, -0.1) is 0 Å². The van der Waals surface area contributed by atoms with Crippen LogP contribution < -0.4 is 11.1 Å². The van der Waals surface area contributed by atoms with Crippen LogP contribution in [0.2, 0.25) is 0 Å². The van der Waals surface area contributed by atoms with Crippen LogP contribution in [-0.2, 0) is 16.1 Å². The maximum atomic E-state index is 12.0. The van der Waals surface area contributed by atoms with Gasteiger partial charge in [0, 0.05) is 31.0 Å². The van der Waals surface area contributed by atoms with Crippen molar-refractivity contribution in [3.63, 3.8) is 0 Å². The number of amides is 1. The van der Waals surface area contributed by atoms with Gasteiger partial charge in [0.15, 0.2) is 0 Å². The molecule has 94 valence electrons. The molecule has 2 rings (SSSR count). The van der Waals surface area contributed by atoms with Crippen LogP contribution in [0.1, 0.15) is 24.1 Å². The van der Waals surface area contributed by atoms with Gasteiger partial charge >= 0.3 is 0 Å². The zero-order chi connectivity index (χ0) is 12.3. The van der Waals surface area contributed by atoms with Crippen molar-refractivity contribution >= 4 is 5.91 Å². The molecule has 0 saturated carbocycles. The van der Waals surface area contributed by atoms with Crippen molar-refractivity contribution < 1.29 is 9.53 Å². The Morgan fingerprint density at radius 3 is 2.94 bits per heavy atom. The molecular formula is C11H18N4O2. The van der Waals surface area contributed by atoms with Crippen LogP contribution in [0.25, 0.3) is 0 Å². The number of rotatable bonds is 3. The van der Waals surface area contributed by atoms with E-state index in [2.05, 4.69) is 15.5 Å². The summed E-state index contributed by atoms with van der Waals surface area (Å²) in [6.45, 7) is 3.48. The maximum Gasteiger partial charge on any atom is 0.240 e. The predicted octanol–water partition coefficient (Wildman–Crippen LogP) is -0.158. The monoisotopic (exact) mass is 238 g/mol. The van der Waals surface area contributed by atoms with Crippen molar-refractivity contribution in [2.24, 2.45) is 5.73 Å². The fourth-order valence-corrected chi connectivity index (χ4v) is 1.87. The molecule has 2 heterocycles. The fraction of sp³-hybridized carbons (Fsp3) is 0.636. The summed E-state index contributed by atoms with van der Waals surface area (Å²) in [5, 5.41) is 9.59. The summed E-state index contributed by atoms with van der Waals surface area (Å²) >= 11 is 0. The molecular weight excluding hydrogens is 220 g/mol. The fourth-order valence-electron chi connectivity index (χ4n) is 1.87. The van der Waals surface area contributed by atoms with E-state index >= 15 is 0 Å². The molecule has 0 spiro atoms. The number of nitrogens with two attached hydrogens (primary N) is 1. The summed E-state index contributed by atoms with van der Waals surface area (Å²) in [5.74, 6) is -0.110. The average molecular weight is 238 g/mol. The summed E-state index contributed by atoms with van der Waals surface area (Å²) in [7, 11) is 0. The quantitative estimate of drug-likeness (QED) is 0.682. The molecule has 0 atom stereocenters. The van der Waals surface area contributed by atoms with Crippen LogP contribution >= 0.6 is 0 Å². The maximum absolute atomic E-state index is 12.0. The molecule has 0 aromatic carbocycles. The lowest BCUT2D eigenvalue weighted by Gasteiger charge is -2.31. The van der Waals surface area contributed by atoms with E-state index in [1.165, 1.54) is 0 Å². The Hall–Kier alpha value is -1.40. The number of nitrogens with zero attached hydrogens (tertiary/aromatic N) is 1. The van der Waals surface area contributed by atoms with Gasteiger partial charge in [0.25, 0.3) is 0 Å². The van der Waals surface area contributed by atoms with Gasteiger partial charge < -0.3 is 15.8 Å².